The van der Waals surface area contributed by atoms with E-state index in [1.165, 1.54) is 19.2 Å². The molecule has 1 aromatic carbocycles. The summed E-state index contributed by atoms with van der Waals surface area (Å²) in [5.74, 6) is -1.70. The van der Waals surface area contributed by atoms with Crippen LogP contribution in [-0.2, 0) is 4.79 Å². The predicted molar refractivity (Wildman–Crippen MR) is 68.9 cm³/mol. The molecule has 0 spiro atoms. The second-order valence-corrected chi connectivity index (χ2v) is 3.86. The molecule has 0 aliphatic carbocycles. The van der Waals surface area contributed by atoms with Gasteiger partial charge in [-0.3, -0.25) is 19.7 Å². The number of rotatable bonds is 6. The van der Waals surface area contributed by atoms with Gasteiger partial charge in [0.1, 0.15) is 6.54 Å². The van der Waals surface area contributed by atoms with Gasteiger partial charge in [-0.2, -0.15) is 0 Å². The molecular formula is C12H14N2O6. The molecule has 0 radical (unpaired) electrons. The number of hydrogen-bond donors (Lipinski definition) is 1. The first-order chi connectivity index (χ1) is 9.40. The van der Waals surface area contributed by atoms with Crippen LogP contribution in [0.4, 0.5) is 5.69 Å². The molecule has 20 heavy (non-hydrogen) atoms. The molecular weight excluding hydrogens is 268 g/mol. The zero-order valence-electron chi connectivity index (χ0n) is 11.0. The number of carboxylic acids is 1. The fourth-order valence-electron chi connectivity index (χ4n) is 1.64. The summed E-state index contributed by atoms with van der Waals surface area (Å²) in [4.78, 5) is 34.0. The van der Waals surface area contributed by atoms with E-state index in [0.29, 0.717) is 0 Å². The summed E-state index contributed by atoms with van der Waals surface area (Å²) in [6.07, 6.45) is 0. The van der Waals surface area contributed by atoms with Gasteiger partial charge in [-0.15, -0.1) is 0 Å². The molecule has 8 heteroatoms. The fourth-order valence-corrected chi connectivity index (χ4v) is 1.64. The van der Waals surface area contributed by atoms with E-state index in [1.807, 2.05) is 0 Å². The Morgan fingerprint density at radius 2 is 2.10 bits per heavy atom. The highest BCUT2D eigenvalue weighted by atomic mass is 16.6. The van der Waals surface area contributed by atoms with E-state index >= 15 is 0 Å². The number of nitro groups is 1. The van der Waals surface area contributed by atoms with Crippen molar-refractivity contribution in [2.75, 3.05) is 20.2 Å². The quantitative estimate of drug-likeness (QED) is 0.619. The summed E-state index contributed by atoms with van der Waals surface area (Å²) in [6, 6.07) is 3.74. The highest BCUT2D eigenvalue weighted by molar-refractivity contribution is 5.96. The third kappa shape index (κ3) is 3.44. The van der Waals surface area contributed by atoms with Crippen LogP contribution >= 0.6 is 0 Å². The van der Waals surface area contributed by atoms with Crippen LogP contribution in [0.25, 0.3) is 0 Å². The Morgan fingerprint density at radius 3 is 2.55 bits per heavy atom. The average molecular weight is 282 g/mol. The lowest BCUT2D eigenvalue weighted by Gasteiger charge is -2.18. The largest absolute Gasteiger partial charge is 0.490 e. The molecule has 1 rings (SSSR count). The van der Waals surface area contributed by atoms with Crippen molar-refractivity contribution < 1.29 is 24.4 Å². The minimum absolute atomic E-state index is 0.0350. The van der Waals surface area contributed by atoms with Crippen LogP contribution in [0.2, 0.25) is 0 Å². The van der Waals surface area contributed by atoms with Crippen molar-refractivity contribution in [3.8, 4) is 5.75 Å². The molecule has 0 atom stereocenters. The minimum atomic E-state index is -1.15. The van der Waals surface area contributed by atoms with E-state index in [4.69, 9.17) is 9.84 Å². The first-order valence-corrected chi connectivity index (χ1v) is 5.74. The molecule has 0 fully saturated rings. The van der Waals surface area contributed by atoms with Crippen LogP contribution in [-0.4, -0.2) is 47.0 Å². The maximum Gasteiger partial charge on any atom is 0.323 e. The molecule has 0 bridgehead atoms. The van der Waals surface area contributed by atoms with Gasteiger partial charge >= 0.3 is 11.7 Å². The van der Waals surface area contributed by atoms with Crippen LogP contribution in [0, 0.1) is 10.1 Å². The zero-order valence-corrected chi connectivity index (χ0v) is 11.0. The summed E-state index contributed by atoms with van der Waals surface area (Å²) < 4.78 is 4.83. The van der Waals surface area contributed by atoms with E-state index in [9.17, 15) is 19.7 Å². The van der Waals surface area contributed by atoms with E-state index in [1.54, 1.807) is 6.92 Å². The molecule has 1 aromatic rings. The molecule has 1 amide bonds. The van der Waals surface area contributed by atoms with Crippen LogP contribution in [0.3, 0.4) is 0 Å². The Morgan fingerprint density at radius 1 is 1.45 bits per heavy atom. The second-order valence-electron chi connectivity index (χ2n) is 3.86. The number of ether oxygens (including phenoxy) is 1. The third-order valence-corrected chi connectivity index (χ3v) is 2.62. The van der Waals surface area contributed by atoms with Crippen molar-refractivity contribution in [3.05, 3.63) is 33.9 Å². The standard InChI is InChI=1S/C12H14N2O6/c1-3-13(7-11(15)16)12(17)8-4-5-10(20-2)9(6-8)14(18)19/h4-6H,3,7H2,1-2H3,(H,15,16). The van der Waals surface area contributed by atoms with Crippen LogP contribution < -0.4 is 4.74 Å². The van der Waals surface area contributed by atoms with Crippen LogP contribution in [0.15, 0.2) is 18.2 Å². The van der Waals surface area contributed by atoms with Gasteiger partial charge in [0.15, 0.2) is 5.75 Å². The van der Waals surface area contributed by atoms with E-state index in [2.05, 4.69) is 0 Å². The van der Waals surface area contributed by atoms with E-state index < -0.39 is 23.3 Å². The van der Waals surface area contributed by atoms with Crippen LogP contribution in [0.1, 0.15) is 17.3 Å². The van der Waals surface area contributed by atoms with Gasteiger partial charge < -0.3 is 14.7 Å². The topological polar surface area (TPSA) is 110 Å². The number of amides is 1. The van der Waals surface area contributed by atoms with Gasteiger partial charge in [0.25, 0.3) is 5.91 Å². The number of carbonyl (C=O) groups excluding carboxylic acids is 1. The molecule has 0 heterocycles. The maximum absolute atomic E-state index is 12.1. The molecule has 0 aliphatic rings. The highest BCUT2D eigenvalue weighted by Gasteiger charge is 2.22. The summed E-state index contributed by atoms with van der Waals surface area (Å²) in [7, 11) is 1.28. The number of benzene rings is 1. The molecule has 1 N–H and O–H groups in total. The molecule has 0 aromatic heterocycles. The molecule has 8 nitrogen and oxygen atoms in total. The number of carbonyl (C=O) groups is 2. The van der Waals surface area contributed by atoms with Gasteiger partial charge in [0, 0.05) is 18.2 Å². The fraction of sp³-hybridized carbons (Fsp3) is 0.333. The van der Waals surface area contributed by atoms with E-state index in [0.717, 1.165) is 11.0 Å². The summed E-state index contributed by atoms with van der Waals surface area (Å²) in [5, 5.41) is 19.6. The Bertz CT molecular complexity index is 543. The van der Waals surface area contributed by atoms with Crippen molar-refractivity contribution >= 4 is 17.6 Å². The van der Waals surface area contributed by atoms with Gasteiger partial charge in [-0.1, -0.05) is 0 Å². The van der Waals surface area contributed by atoms with Crippen molar-refractivity contribution in [1.82, 2.24) is 4.90 Å². The molecule has 108 valence electrons. The molecule has 0 unspecified atom stereocenters. The Hall–Kier alpha value is -2.64. The number of nitro benzene ring substituents is 1. The zero-order chi connectivity index (χ0) is 15.3. The summed E-state index contributed by atoms with van der Waals surface area (Å²) >= 11 is 0. The predicted octanol–water partition coefficient (Wildman–Crippen LogP) is 1.15. The lowest BCUT2D eigenvalue weighted by atomic mass is 10.1. The van der Waals surface area contributed by atoms with Gasteiger partial charge in [0.05, 0.1) is 12.0 Å². The maximum atomic E-state index is 12.1. The van der Waals surface area contributed by atoms with Crippen molar-refractivity contribution in [2.24, 2.45) is 0 Å². The van der Waals surface area contributed by atoms with Gasteiger partial charge in [0.2, 0.25) is 0 Å². The molecule has 0 saturated heterocycles. The first-order valence-electron chi connectivity index (χ1n) is 5.74. The lowest BCUT2D eigenvalue weighted by Crippen LogP contribution is -2.35. The number of carboxylic acid groups (broad SMARTS) is 1. The van der Waals surface area contributed by atoms with E-state index in [-0.39, 0.29) is 23.5 Å². The monoisotopic (exact) mass is 282 g/mol. The number of nitrogens with zero attached hydrogens (tertiary/aromatic N) is 2. The van der Waals surface area contributed by atoms with Crippen molar-refractivity contribution in [3.63, 3.8) is 0 Å². The smallest absolute Gasteiger partial charge is 0.323 e. The summed E-state index contributed by atoms with van der Waals surface area (Å²) in [6.45, 7) is 1.35. The van der Waals surface area contributed by atoms with Gasteiger partial charge in [-0.25, -0.2) is 0 Å². The Kier molecular flexibility index (Phi) is 5.01. The number of hydrogen-bond acceptors (Lipinski definition) is 5. The molecule has 0 aliphatic heterocycles. The normalized spacial score (nSPS) is 9.90. The van der Waals surface area contributed by atoms with Gasteiger partial charge in [-0.05, 0) is 19.1 Å². The second kappa shape index (κ2) is 6.50. The van der Waals surface area contributed by atoms with Crippen LogP contribution in [0.5, 0.6) is 5.75 Å². The van der Waals surface area contributed by atoms with Crippen molar-refractivity contribution in [1.29, 1.82) is 0 Å². The SMILES string of the molecule is CCN(CC(=O)O)C(=O)c1ccc(OC)c([N+](=O)[O-])c1. The highest BCUT2D eigenvalue weighted by Crippen LogP contribution is 2.27. The number of likely N-dealkylation sites (N-methyl/N-ethyl adjacent to an activating group) is 1. The Balaban J connectivity index is 3.12. The molecule has 0 saturated carbocycles. The first kappa shape index (κ1) is 15.4. The minimum Gasteiger partial charge on any atom is -0.490 e. The Labute approximate surface area is 114 Å². The lowest BCUT2D eigenvalue weighted by molar-refractivity contribution is -0.385. The number of methoxy groups -OCH3 is 1. The average Bonchev–Trinajstić information content (AvgIpc) is 2.42. The number of aliphatic carboxylic acids is 1. The van der Waals surface area contributed by atoms with Crippen molar-refractivity contribution in [2.45, 2.75) is 6.92 Å². The summed E-state index contributed by atoms with van der Waals surface area (Å²) in [5.41, 5.74) is -0.301. The third-order valence-electron chi connectivity index (χ3n) is 2.62.